The highest BCUT2D eigenvalue weighted by Crippen LogP contribution is 2.43. The van der Waals surface area contributed by atoms with E-state index in [2.05, 4.69) is 14.7 Å². The van der Waals surface area contributed by atoms with Crippen molar-refractivity contribution in [1.82, 2.24) is 14.7 Å². The number of nitrogens with one attached hydrogen (secondary N) is 2. The Bertz CT molecular complexity index is 519. The lowest BCUT2D eigenvalue weighted by molar-refractivity contribution is -0.141. The Labute approximate surface area is 105 Å². The van der Waals surface area contributed by atoms with Gasteiger partial charge in [0.1, 0.15) is 0 Å². The molecule has 3 N–H and O–H groups in total. The molecule has 1 aromatic rings. The number of aromatic nitrogens is 2. The molecule has 8 heteroatoms. The number of carboxylic acids is 1. The average molecular weight is 273 g/mol. The Kier molecular flexibility index (Phi) is 3.40. The molecule has 1 aliphatic rings. The molecule has 0 aliphatic heterocycles. The molecule has 18 heavy (non-hydrogen) atoms. The molecule has 100 valence electrons. The summed E-state index contributed by atoms with van der Waals surface area (Å²) >= 11 is 0. The number of aliphatic carboxylic acids is 1. The quantitative estimate of drug-likeness (QED) is 0.691. The Morgan fingerprint density at radius 1 is 1.56 bits per heavy atom. The number of rotatable bonds is 6. The van der Waals surface area contributed by atoms with Crippen molar-refractivity contribution in [3.8, 4) is 0 Å². The molecule has 7 nitrogen and oxygen atoms in total. The predicted molar refractivity (Wildman–Crippen MR) is 62.3 cm³/mol. The van der Waals surface area contributed by atoms with Crippen molar-refractivity contribution in [2.24, 2.45) is 5.41 Å². The van der Waals surface area contributed by atoms with E-state index in [-0.39, 0.29) is 18.0 Å². The molecule has 0 saturated heterocycles. The lowest BCUT2D eigenvalue weighted by Gasteiger charge is -2.40. The van der Waals surface area contributed by atoms with E-state index in [0.29, 0.717) is 0 Å². The van der Waals surface area contributed by atoms with Gasteiger partial charge in [0.25, 0.3) is 10.0 Å². The maximum Gasteiger partial charge on any atom is 0.303 e. The molecule has 0 atom stereocenters. The number of sulfonamides is 1. The number of imidazole rings is 1. The Balaban J connectivity index is 2.01. The van der Waals surface area contributed by atoms with Crippen LogP contribution < -0.4 is 4.72 Å². The highest BCUT2D eigenvalue weighted by Gasteiger charge is 2.39. The van der Waals surface area contributed by atoms with Crippen LogP contribution in [0.3, 0.4) is 0 Å². The zero-order valence-corrected chi connectivity index (χ0v) is 10.5. The lowest BCUT2D eigenvalue weighted by Crippen LogP contribution is -2.43. The standard InChI is InChI=1S/C10H15N3O4S/c14-9(15)4-10(2-1-3-10)6-13-18(16,17)8-5-11-7-12-8/h5,7,13H,1-4,6H2,(H,11,12)(H,14,15). The van der Waals surface area contributed by atoms with Gasteiger partial charge in [0.2, 0.25) is 0 Å². The Morgan fingerprint density at radius 3 is 2.72 bits per heavy atom. The van der Waals surface area contributed by atoms with Crippen LogP contribution in [-0.2, 0) is 14.8 Å². The van der Waals surface area contributed by atoms with Crippen molar-refractivity contribution < 1.29 is 18.3 Å². The van der Waals surface area contributed by atoms with E-state index in [4.69, 9.17) is 5.11 Å². The summed E-state index contributed by atoms with van der Waals surface area (Å²) in [5.41, 5.74) is -0.432. The topological polar surface area (TPSA) is 112 Å². The summed E-state index contributed by atoms with van der Waals surface area (Å²) in [5, 5.41) is 8.83. The molecular weight excluding hydrogens is 258 g/mol. The van der Waals surface area contributed by atoms with Crippen molar-refractivity contribution in [1.29, 1.82) is 0 Å². The monoisotopic (exact) mass is 273 g/mol. The normalized spacial score (nSPS) is 18.2. The fourth-order valence-electron chi connectivity index (χ4n) is 2.13. The van der Waals surface area contributed by atoms with Crippen LogP contribution in [0.1, 0.15) is 25.7 Å². The van der Waals surface area contributed by atoms with Gasteiger partial charge in [0, 0.05) is 6.54 Å². The molecule has 0 aromatic carbocycles. The number of nitrogens with zero attached hydrogens (tertiary/aromatic N) is 1. The molecule has 0 bridgehead atoms. The van der Waals surface area contributed by atoms with Crippen LogP contribution in [0, 0.1) is 5.41 Å². The van der Waals surface area contributed by atoms with Crippen LogP contribution >= 0.6 is 0 Å². The fraction of sp³-hybridized carbons (Fsp3) is 0.600. The van der Waals surface area contributed by atoms with Gasteiger partial charge < -0.3 is 10.1 Å². The Morgan fingerprint density at radius 2 is 2.28 bits per heavy atom. The first-order valence-corrected chi connectivity index (χ1v) is 7.12. The van der Waals surface area contributed by atoms with Crippen molar-refractivity contribution in [3.63, 3.8) is 0 Å². The second-order valence-electron chi connectivity index (χ2n) is 4.66. The van der Waals surface area contributed by atoms with E-state index < -0.39 is 21.4 Å². The summed E-state index contributed by atoms with van der Waals surface area (Å²) in [4.78, 5) is 16.9. The van der Waals surface area contributed by atoms with E-state index in [1.807, 2.05) is 0 Å². The van der Waals surface area contributed by atoms with Gasteiger partial charge in [0.05, 0.1) is 18.9 Å². The van der Waals surface area contributed by atoms with E-state index >= 15 is 0 Å². The fourth-order valence-corrected chi connectivity index (χ4v) is 3.19. The maximum atomic E-state index is 11.8. The average Bonchev–Trinajstić information content (AvgIpc) is 2.75. The van der Waals surface area contributed by atoms with Gasteiger partial charge in [-0.25, -0.2) is 18.1 Å². The highest BCUT2D eigenvalue weighted by atomic mass is 32.2. The zero-order valence-electron chi connectivity index (χ0n) is 9.72. The van der Waals surface area contributed by atoms with E-state index in [1.54, 1.807) is 0 Å². The first-order chi connectivity index (χ1) is 8.44. The van der Waals surface area contributed by atoms with Gasteiger partial charge in [0.15, 0.2) is 5.03 Å². The minimum atomic E-state index is -3.62. The number of carboxylic acid groups (broad SMARTS) is 1. The van der Waals surface area contributed by atoms with E-state index in [9.17, 15) is 13.2 Å². The largest absolute Gasteiger partial charge is 0.481 e. The van der Waals surface area contributed by atoms with Crippen LogP contribution in [0.25, 0.3) is 0 Å². The summed E-state index contributed by atoms with van der Waals surface area (Å²) in [6.07, 6.45) is 4.92. The predicted octanol–water partition coefficient (Wildman–Crippen LogP) is 0.333. The molecular formula is C10H15N3O4S. The number of H-pyrrole nitrogens is 1. The smallest absolute Gasteiger partial charge is 0.303 e. The van der Waals surface area contributed by atoms with Crippen LogP contribution in [0.15, 0.2) is 17.6 Å². The highest BCUT2D eigenvalue weighted by molar-refractivity contribution is 7.89. The summed E-state index contributed by atoms with van der Waals surface area (Å²) in [7, 11) is -3.62. The van der Waals surface area contributed by atoms with Crippen LogP contribution in [0.5, 0.6) is 0 Å². The number of aromatic amines is 1. The summed E-state index contributed by atoms with van der Waals surface area (Å²) in [6.45, 7) is 0.153. The van der Waals surface area contributed by atoms with Crippen molar-refractivity contribution >= 4 is 16.0 Å². The SMILES string of the molecule is O=C(O)CC1(CNS(=O)(=O)c2cnc[nH]2)CCC1. The molecule has 1 saturated carbocycles. The van der Waals surface area contributed by atoms with Crippen molar-refractivity contribution in [2.75, 3.05) is 6.54 Å². The minimum Gasteiger partial charge on any atom is -0.481 e. The van der Waals surface area contributed by atoms with Gasteiger partial charge in [-0.15, -0.1) is 0 Å². The van der Waals surface area contributed by atoms with Crippen molar-refractivity contribution in [3.05, 3.63) is 12.5 Å². The maximum absolute atomic E-state index is 11.8. The molecule has 1 aromatic heterocycles. The zero-order chi connectivity index (χ0) is 13.2. The van der Waals surface area contributed by atoms with Gasteiger partial charge in [-0.1, -0.05) is 6.42 Å². The molecule has 0 amide bonds. The van der Waals surface area contributed by atoms with Gasteiger partial charge in [-0.2, -0.15) is 0 Å². The lowest BCUT2D eigenvalue weighted by atomic mass is 9.67. The third-order valence-electron chi connectivity index (χ3n) is 3.34. The van der Waals surface area contributed by atoms with E-state index in [0.717, 1.165) is 19.3 Å². The summed E-state index contributed by atoms with van der Waals surface area (Å²) in [5.74, 6) is -0.893. The molecule has 2 rings (SSSR count). The van der Waals surface area contributed by atoms with Crippen LogP contribution in [0.4, 0.5) is 0 Å². The Hall–Kier alpha value is -1.41. The van der Waals surface area contributed by atoms with Crippen molar-refractivity contribution in [2.45, 2.75) is 30.7 Å². The number of hydrogen-bond donors (Lipinski definition) is 3. The van der Waals surface area contributed by atoms with Crippen LogP contribution in [-0.4, -0.2) is 36.0 Å². The summed E-state index contributed by atoms with van der Waals surface area (Å²) < 4.78 is 26.1. The minimum absolute atomic E-state index is 0.00149. The third-order valence-corrected chi connectivity index (χ3v) is 4.67. The first kappa shape index (κ1) is 13.0. The molecule has 1 fully saturated rings. The third kappa shape index (κ3) is 2.70. The first-order valence-electron chi connectivity index (χ1n) is 5.63. The van der Waals surface area contributed by atoms with Crippen LogP contribution in [0.2, 0.25) is 0 Å². The summed E-state index contributed by atoms with van der Waals surface area (Å²) in [6, 6.07) is 0. The second kappa shape index (κ2) is 4.69. The molecule has 0 spiro atoms. The molecule has 0 radical (unpaired) electrons. The van der Waals surface area contributed by atoms with Gasteiger partial charge in [-0.05, 0) is 18.3 Å². The number of hydrogen-bond acceptors (Lipinski definition) is 4. The molecule has 1 aliphatic carbocycles. The molecule has 0 unspecified atom stereocenters. The number of carbonyl (C=O) groups is 1. The van der Waals surface area contributed by atoms with Gasteiger partial charge >= 0.3 is 5.97 Å². The molecule has 1 heterocycles. The van der Waals surface area contributed by atoms with Gasteiger partial charge in [-0.3, -0.25) is 4.79 Å². The second-order valence-corrected chi connectivity index (χ2v) is 6.40. The van der Waals surface area contributed by atoms with E-state index in [1.165, 1.54) is 12.5 Å².